The number of aliphatic imine (C=N–C) groups is 1. The van der Waals surface area contributed by atoms with Crippen molar-refractivity contribution in [3.8, 4) is 6.07 Å². The van der Waals surface area contributed by atoms with E-state index in [-0.39, 0.29) is 11.6 Å². The summed E-state index contributed by atoms with van der Waals surface area (Å²) >= 11 is 0. The average Bonchev–Trinajstić information content (AvgIpc) is 2.39. The van der Waals surface area contributed by atoms with Crippen LogP contribution in [0.4, 0.5) is 0 Å². The van der Waals surface area contributed by atoms with E-state index in [0.29, 0.717) is 12.0 Å². The zero-order valence-corrected chi connectivity index (χ0v) is 8.10. The Morgan fingerprint density at radius 3 is 3.21 bits per heavy atom. The summed E-state index contributed by atoms with van der Waals surface area (Å²) in [4.78, 5) is 14.8. The predicted octanol–water partition coefficient (Wildman–Crippen LogP) is 1.81. The number of hydrogen-bond donors (Lipinski definition) is 0. The highest BCUT2D eigenvalue weighted by Crippen LogP contribution is 2.08. The standard InChI is InChI=1S/C11H12N2O/c1-9-4-2-3-5-11(13-9)6-10(7-12)8-14/h3,5-6,8-9H,2,4H2,1H3/b10-6+. The Morgan fingerprint density at radius 1 is 1.79 bits per heavy atom. The number of aldehydes is 1. The summed E-state index contributed by atoms with van der Waals surface area (Å²) < 4.78 is 0. The molecule has 1 unspecified atom stereocenters. The highest BCUT2D eigenvalue weighted by molar-refractivity contribution is 6.07. The number of allylic oxidation sites excluding steroid dienone is 4. The van der Waals surface area contributed by atoms with Crippen LogP contribution in [0.1, 0.15) is 19.8 Å². The lowest BCUT2D eigenvalue weighted by molar-refractivity contribution is -0.104. The molecule has 0 saturated carbocycles. The highest BCUT2D eigenvalue weighted by atomic mass is 16.1. The van der Waals surface area contributed by atoms with Crippen LogP contribution in [0.3, 0.4) is 0 Å². The molecule has 0 aromatic heterocycles. The lowest BCUT2D eigenvalue weighted by Gasteiger charge is -2.01. The summed E-state index contributed by atoms with van der Waals surface area (Å²) in [6, 6.07) is 2.07. The molecule has 14 heavy (non-hydrogen) atoms. The zero-order chi connectivity index (χ0) is 10.4. The molecule has 0 aliphatic carbocycles. The largest absolute Gasteiger partial charge is 0.297 e. The van der Waals surface area contributed by atoms with Crippen molar-refractivity contribution >= 4 is 12.0 Å². The lowest BCUT2D eigenvalue weighted by atomic mass is 10.2. The average molecular weight is 188 g/mol. The first-order valence-electron chi connectivity index (χ1n) is 4.57. The molecule has 0 radical (unpaired) electrons. The van der Waals surface area contributed by atoms with Crippen molar-refractivity contribution in [3.05, 3.63) is 23.8 Å². The fraction of sp³-hybridized carbons (Fsp3) is 0.364. The summed E-state index contributed by atoms with van der Waals surface area (Å²) in [6.45, 7) is 2.02. The maximum absolute atomic E-state index is 10.4. The van der Waals surface area contributed by atoms with E-state index in [1.807, 2.05) is 25.1 Å². The van der Waals surface area contributed by atoms with Crippen LogP contribution < -0.4 is 0 Å². The minimum atomic E-state index is 0.113. The minimum Gasteiger partial charge on any atom is -0.297 e. The molecule has 1 atom stereocenters. The van der Waals surface area contributed by atoms with Crippen LogP contribution in [0.2, 0.25) is 0 Å². The van der Waals surface area contributed by atoms with E-state index in [1.54, 1.807) is 0 Å². The van der Waals surface area contributed by atoms with Gasteiger partial charge in [-0.1, -0.05) is 6.08 Å². The molecule has 0 spiro atoms. The summed E-state index contributed by atoms with van der Waals surface area (Å²) in [5.41, 5.74) is 0.821. The Bertz CT molecular complexity index is 345. The summed E-state index contributed by atoms with van der Waals surface area (Å²) in [7, 11) is 0. The second kappa shape index (κ2) is 5.13. The molecule has 3 nitrogen and oxygen atoms in total. The smallest absolute Gasteiger partial charge is 0.160 e. The predicted molar refractivity (Wildman–Crippen MR) is 55.0 cm³/mol. The number of hydrogen-bond acceptors (Lipinski definition) is 3. The summed E-state index contributed by atoms with van der Waals surface area (Å²) in [5.74, 6) is 0. The molecule has 1 rings (SSSR count). The van der Waals surface area contributed by atoms with E-state index in [1.165, 1.54) is 6.08 Å². The van der Waals surface area contributed by atoms with Crippen molar-refractivity contribution in [1.29, 1.82) is 5.26 Å². The van der Waals surface area contributed by atoms with Gasteiger partial charge in [0, 0.05) is 6.04 Å². The van der Waals surface area contributed by atoms with Crippen molar-refractivity contribution in [2.24, 2.45) is 4.99 Å². The Labute approximate surface area is 83.5 Å². The molecule has 0 fully saturated rings. The fourth-order valence-corrected chi connectivity index (χ4v) is 1.24. The van der Waals surface area contributed by atoms with Crippen molar-refractivity contribution in [2.75, 3.05) is 0 Å². The van der Waals surface area contributed by atoms with Crippen LogP contribution in [0.5, 0.6) is 0 Å². The first-order chi connectivity index (χ1) is 6.76. The monoisotopic (exact) mass is 188 g/mol. The van der Waals surface area contributed by atoms with Crippen LogP contribution in [0.15, 0.2) is 28.8 Å². The molecule has 1 aliphatic rings. The molecule has 0 aromatic rings. The van der Waals surface area contributed by atoms with E-state index in [9.17, 15) is 4.79 Å². The topological polar surface area (TPSA) is 53.2 Å². The van der Waals surface area contributed by atoms with Crippen LogP contribution in [-0.2, 0) is 4.79 Å². The minimum absolute atomic E-state index is 0.113. The van der Waals surface area contributed by atoms with Gasteiger partial charge in [0.1, 0.15) is 6.07 Å². The highest BCUT2D eigenvalue weighted by Gasteiger charge is 2.03. The Hall–Kier alpha value is -1.69. The van der Waals surface area contributed by atoms with E-state index in [2.05, 4.69) is 4.99 Å². The maximum Gasteiger partial charge on any atom is 0.160 e. The normalized spacial score (nSPS) is 22.1. The molecule has 0 bridgehead atoms. The maximum atomic E-state index is 10.4. The van der Waals surface area contributed by atoms with Gasteiger partial charge in [-0.15, -0.1) is 0 Å². The Morgan fingerprint density at radius 2 is 2.57 bits per heavy atom. The van der Waals surface area contributed by atoms with Crippen molar-refractivity contribution in [1.82, 2.24) is 0 Å². The first-order valence-corrected chi connectivity index (χ1v) is 4.57. The molecule has 1 heterocycles. The van der Waals surface area contributed by atoms with Crippen LogP contribution >= 0.6 is 0 Å². The first kappa shape index (κ1) is 10.4. The van der Waals surface area contributed by atoms with E-state index >= 15 is 0 Å². The molecule has 0 saturated heterocycles. The SMILES string of the molecule is CC1CCC=CC(/C=C(\C#N)C=O)=N1. The summed E-state index contributed by atoms with van der Waals surface area (Å²) in [5, 5.41) is 8.56. The molecule has 0 amide bonds. The Kier molecular flexibility index (Phi) is 3.81. The summed E-state index contributed by atoms with van der Waals surface area (Å²) in [6.07, 6.45) is 7.93. The number of carbonyl (C=O) groups is 1. The van der Waals surface area contributed by atoms with Gasteiger partial charge in [-0.25, -0.2) is 0 Å². The molecule has 3 heteroatoms. The third-order valence-corrected chi connectivity index (χ3v) is 1.97. The van der Waals surface area contributed by atoms with Gasteiger partial charge in [0.05, 0.1) is 11.3 Å². The van der Waals surface area contributed by atoms with Crippen LogP contribution in [0, 0.1) is 11.3 Å². The molecular weight excluding hydrogens is 176 g/mol. The van der Waals surface area contributed by atoms with Gasteiger partial charge < -0.3 is 0 Å². The van der Waals surface area contributed by atoms with Crippen LogP contribution in [-0.4, -0.2) is 18.0 Å². The van der Waals surface area contributed by atoms with Gasteiger partial charge >= 0.3 is 0 Å². The van der Waals surface area contributed by atoms with E-state index in [0.717, 1.165) is 12.8 Å². The van der Waals surface area contributed by atoms with Gasteiger partial charge in [-0.05, 0) is 31.9 Å². The van der Waals surface area contributed by atoms with Gasteiger partial charge in [-0.3, -0.25) is 9.79 Å². The quantitative estimate of drug-likeness (QED) is 0.377. The second-order valence-electron chi connectivity index (χ2n) is 3.21. The van der Waals surface area contributed by atoms with E-state index < -0.39 is 0 Å². The third kappa shape index (κ3) is 2.98. The van der Waals surface area contributed by atoms with Crippen LogP contribution in [0.25, 0.3) is 0 Å². The number of carbonyl (C=O) groups excluding carboxylic acids is 1. The molecule has 0 N–H and O–H groups in total. The van der Waals surface area contributed by atoms with Crippen molar-refractivity contribution in [3.63, 3.8) is 0 Å². The fourth-order valence-electron chi connectivity index (χ4n) is 1.24. The molecule has 72 valence electrons. The third-order valence-electron chi connectivity index (χ3n) is 1.97. The van der Waals surface area contributed by atoms with Gasteiger partial charge in [-0.2, -0.15) is 5.26 Å². The Balaban J connectivity index is 2.90. The second-order valence-corrected chi connectivity index (χ2v) is 3.21. The van der Waals surface area contributed by atoms with Gasteiger partial charge in [0.25, 0.3) is 0 Å². The van der Waals surface area contributed by atoms with Crippen molar-refractivity contribution in [2.45, 2.75) is 25.8 Å². The van der Waals surface area contributed by atoms with Gasteiger partial charge in [0.2, 0.25) is 0 Å². The number of nitriles is 1. The number of rotatable bonds is 2. The lowest BCUT2D eigenvalue weighted by Crippen LogP contribution is -1.99. The molecular formula is C11H12N2O. The van der Waals surface area contributed by atoms with E-state index in [4.69, 9.17) is 5.26 Å². The molecule has 0 aromatic carbocycles. The van der Waals surface area contributed by atoms with Gasteiger partial charge in [0.15, 0.2) is 6.29 Å². The zero-order valence-electron chi connectivity index (χ0n) is 8.10. The number of nitrogens with zero attached hydrogens (tertiary/aromatic N) is 2. The molecule has 1 aliphatic heterocycles. The van der Waals surface area contributed by atoms with Crippen molar-refractivity contribution < 1.29 is 4.79 Å².